The van der Waals surface area contributed by atoms with Crippen molar-refractivity contribution >= 4 is 44.4 Å². The molecule has 2 aliphatic heterocycles. The van der Waals surface area contributed by atoms with E-state index in [-0.39, 0.29) is 17.1 Å². The summed E-state index contributed by atoms with van der Waals surface area (Å²) in [5.74, 6) is -0.133. The van der Waals surface area contributed by atoms with Gasteiger partial charge in [0.25, 0.3) is 5.91 Å². The first-order valence-electron chi connectivity index (χ1n) is 10.2. The minimum atomic E-state index is -0.513. The van der Waals surface area contributed by atoms with E-state index < -0.39 is 6.04 Å². The molecular weight excluding hydrogens is 484 g/mol. The molecule has 2 aromatic carbocycles. The Morgan fingerprint density at radius 1 is 1.03 bits per heavy atom. The number of morpholine rings is 1. The first kappa shape index (κ1) is 20.7. The Morgan fingerprint density at radius 3 is 2.52 bits per heavy atom. The van der Waals surface area contributed by atoms with Crippen LogP contribution in [0.2, 0.25) is 5.02 Å². The second-order valence-electron chi connectivity index (χ2n) is 7.72. The van der Waals surface area contributed by atoms with Crippen molar-refractivity contribution in [3.05, 3.63) is 79.1 Å². The van der Waals surface area contributed by atoms with Gasteiger partial charge < -0.3 is 14.1 Å². The fraction of sp³-hybridized carbons (Fsp3) is 0.304. The predicted molar refractivity (Wildman–Crippen MR) is 122 cm³/mol. The summed E-state index contributed by atoms with van der Waals surface area (Å²) in [6, 6.07) is 12.0. The summed E-state index contributed by atoms with van der Waals surface area (Å²) < 4.78 is 12.2. The third-order valence-electron chi connectivity index (χ3n) is 5.87. The Labute approximate surface area is 192 Å². The molecule has 160 valence electrons. The zero-order chi connectivity index (χ0) is 21.5. The van der Waals surface area contributed by atoms with Crippen LogP contribution in [0.15, 0.2) is 56.1 Å². The third-order valence-corrected chi connectivity index (χ3v) is 6.62. The minimum absolute atomic E-state index is 0.127. The quantitative estimate of drug-likeness (QED) is 0.537. The Bertz CT molecular complexity index is 1200. The smallest absolute Gasteiger partial charge is 0.290 e. The molecule has 0 N–H and O–H groups in total. The Morgan fingerprint density at radius 2 is 1.77 bits per heavy atom. The maximum absolute atomic E-state index is 13.5. The number of carbonyl (C=O) groups excluding carboxylic acids is 1. The minimum Gasteiger partial charge on any atom is -0.450 e. The number of carbonyl (C=O) groups is 1. The number of hydrogen-bond acceptors (Lipinski definition) is 5. The molecule has 31 heavy (non-hydrogen) atoms. The molecule has 0 aliphatic carbocycles. The van der Waals surface area contributed by atoms with E-state index >= 15 is 0 Å². The molecule has 1 saturated heterocycles. The zero-order valence-electron chi connectivity index (χ0n) is 16.6. The highest BCUT2D eigenvalue weighted by Gasteiger charge is 2.42. The molecule has 3 heterocycles. The summed E-state index contributed by atoms with van der Waals surface area (Å²) in [4.78, 5) is 30.9. The molecule has 1 aromatic heterocycles. The van der Waals surface area contributed by atoms with E-state index in [9.17, 15) is 9.59 Å². The normalized spacial score (nSPS) is 19.2. The van der Waals surface area contributed by atoms with Crippen molar-refractivity contribution in [2.24, 2.45) is 0 Å². The molecule has 1 unspecified atom stereocenters. The standard InChI is InChI=1S/C23H20BrClN2O4/c24-15-3-6-18-17(13-15)21(28)19-20(14-1-4-16(25)5-2-14)27(23(29)22(19)31-18)8-7-26-9-11-30-12-10-26/h1-6,13,20H,7-12H2. The Hall–Kier alpha value is -2.19. The highest BCUT2D eigenvalue weighted by Crippen LogP contribution is 2.38. The lowest BCUT2D eigenvalue weighted by molar-refractivity contribution is 0.0314. The molecule has 0 bridgehead atoms. The molecule has 1 fully saturated rings. The summed E-state index contributed by atoms with van der Waals surface area (Å²) in [6.45, 7) is 4.22. The molecule has 8 heteroatoms. The van der Waals surface area contributed by atoms with Gasteiger partial charge in [-0.1, -0.05) is 39.7 Å². The van der Waals surface area contributed by atoms with Gasteiger partial charge in [0.15, 0.2) is 5.43 Å². The van der Waals surface area contributed by atoms with E-state index in [1.165, 1.54) is 0 Å². The van der Waals surface area contributed by atoms with Gasteiger partial charge >= 0.3 is 0 Å². The van der Waals surface area contributed by atoms with Crippen molar-refractivity contribution in [2.45, 2.75) is 6.04 Å². The largest absolute Gasteiger partial charge is 0.450 e. The van der Waals surface area contributed by atoms with Gasteiger partial charge in [0, 0.05) is 35.7 Å². The van der Waals surface area contributed by atoms with Gasteiger partial charge in [0.1, 0.15) is 5.58 Å². The molecule has 0 radical (unpaired) electrons. The number of hydrogen-bond donors (Lipinski definition) is 0. The fourth-order valence-corrected chi connectivity index (χ4v) is 4.78. The summed E-state index contributed by atoms with van der Waals surface area (Å²) in [5.41, 5.74) is 1.45. The average molecular weight is 504 g/mol. The molecule has 1 amide bonds. The summed E-state index contributed by atoms with van der Waals surface area (Å²) >= 11 is 9.51. The topological polar surface area (TPSA) is 63.0 Å². The van der Waals surface area contributed by atoms with Gasteiger partial charge in [-0.3, -0.25) is 14.5 Å². The summed E-state index contributed by atoms with van der Waals surface area (Å²) in [6.07, 6.45) is 0. The molecule has 0 saturated carbocycles. The Kier molecular flexibility index (Phi) is 5.60. The number of rotatable bonds is 4. The number of benzene rings is 2. The van der Waals surface area contributed by atoms with E-state index in [1.807, 2.05) is 12.1 Å². The van der Waals surface area contributed by atoms with Gasteiger partial charge in [-0.25, -0.2) is 0 Å². The van der Waals surface area contributed by atoms with Crippen LogP contribution in [0.25, 0.3) is 11.0 Å². The second-order valence-corrected chi connectivity index (χ2v) is 9.07. The van der Waals surface area contributed by atoms with Crippen LogP contribution in [0.4, 0.5) is 0 Å². The van der Waals surface area contributed by atoms with Crippen LogP contribution in [-0.4, -0.2) is 55.1 Å². The van der Waals surface area contributed by atoms with Crippen LogP contribution in [0.1, 0.15) is 27.7 Å². The Balaban J connectivity index is 1.60. The highest BCUT2D eigenvalue weighted by molar-refractivity contribution is 9.10. The molecule has 1 atom stereocenters. The van der Waals surface area contributed by atoms with Crippen molar-refractivity contribution in [3.8, 4) is 0 Å². The molecule has 3 aromatic rings. The second kappa shape index (κ2) is 8.39. The van der Waals surface area contributed by atoms with Crippen LogP contribution in [0.5, 0.6) is 0 Å². The van der Waals surface area contributed by atoms with E-state index in [0.717, 1.165) is 23.1 Å². The molecule has 0 spiro atoms. The van der Waals surface area contributed by atoms with Crippen molar-refractivity contribution in [3.63, 3.8) is 0 Å². The third kappa shape index (κ3) is 3.80. The maximum atomic E-state index is 13.5. The number of ether oxygens (including phenoxy) is 1. The summed E-state index contributed by atoms with van der Waals surface area (Å²) in [5, 5.41) is 1.05. The van der Waals surface area contributed by atoms with Gasteiger partial charge in [-0.05, 0) is 35.9 Å². The van der Waals surface area contributed by atoms with Crippen LogP contribution in [-0.2, 0) is 4.74 Å². The molecular formula is C23H20BrClN2O4. The highest BCUT2D eigenvalue weighted by atomic mass is 79.9. The van der Waals surface area contributed by atoms with E-state index in [4.69, 9.17) is 20.8 Å². The zero-order valence-corrected chi connectivity index (χ0v) is 19.0. The van der Waals surface area contributed by atoms with Crippen molar-refractivity contribution in [1.29, 1.82) is 0 Å². The van der Waals surface area contributed by atoms with Crippen LogP contribution in [0.3, 0.4) is 0 Å². The van der Waals surface area contributed by atoms with E-state index in [2.05, 4.69) is 20.8 Å². The molecule has 5 rings (SSSR count). The first-order valence-corrected chi connectivity index (χ1v) is 11.3. The fourth-order valence-electron chi connectivity index (χ4n) is 4.29. The lowest BCUT2D eigenvalue weighted by atomic mass is 9.98. The number of fused-ring (bicyclic) bond motifs is 2. The molecule has 6 nitrogen and oxygen atoms in total. The van der Waals surface area contributed by atoms with Crippen molar-refractivity contribution < 1.29 is 13.9 Å². The van der Waals surface area contributed by atoms with Crippen molar-refractivity contribution in [1.82, 2.24) is 9.80 Å². The van der Waals surface area contributed by atoms with Crippen LogP contribution in [0, 0.1) is 0 Å². The lowest BCUT2D eigenvalue weighted by Gasteiger charge is -2.31. The average Bonchev–Trinajstić information content (AvgIpc) is 3.06. The lowest BCUT2D eigenvalue weighted by Crippen LogP contribution is -2.42. The number of nitrogens with zero attached hydrogens (tertiary/aromatic N) is 2. The van der Waals surface area contributed by atoms with Crippen molar-refractivity contribution in [2.75, 3.05) is 39.4 Å². The predicted octanol–water partition coefficient (Wildman–Crippen LogP) is 4.09. The molecule has 2 aliphatic rings. The number of halogens is 2. The van der Waals surface area contributed by atoms with Gasteiger partial charge in [-0.2, -0.15) is 0 Å². The number of amides is 1. The van der Waals surface area contributed by atoms with Gasteiger partial charge in [0.05, 0.1) is 30.2 Å². The SMILES string of the molecule is O=C1c2oc3ccc(Br)cc3c(=O)c2C(c2ccc(Cl)cc2)N1CCN1CCOCC1. The van der Waals surface area contributed by atoms with Crippen LogP contribution < -0.4 is 5.43 Å². The monoisotopic (exact) mass is 502 g/mol. The maximum Gasteiger partial charge on any atom is 0.290 e. The first-order chi connectivity index (χ1) is 15.0. The summed E-state index contributed by atoms with van der Waals surface area (Å²) in [7, 11) is 0. The van der Waals surface area contributed by atoms with E-state index in [0.29, 0.717) is 47.9 Å². The van der Waals surface area contributed by atoms with Crippen LogP contribution >= 0.6 is 27.5 Å². The van der Waals surface area contributed by atoms with Gasteiger partial charge in [0.2, 0.25) is 5.76 Å². The van der Waals surface area contributed by atoms with E-state index in [1.54, 1.807) is 35.2 Å². The van der Waals surface area contributed by atoms with Gasteiger partial charge in [-0.15, -0.1) is 0 Å².